The minimum atomic E-state index is -0.0975. The molecule has 1 heterocycles. The fourth-order valence-corrected chi connectivity index (χ4v) is 2.91. The number of nitrogens with one attached hydrogen (secondary N) is 2. The van der Waals surface area contributed by atoms with Gasteiger partial charge in [-0.3, -0.25) is 9.59 Å². The Kier molecular flexibility index (Phi) is 5.45. The van der Waals surface area contributed by atoms with Crippen LogP contribution in [0.25, 0.3) is 10.9 Å². The predicted octanol–water partition coefficient (Wildman–Crippen LogP) is 3.43. The van der Waals surface area contributed by atoms with Gasteiger partial charge < -0.3 is 19.8 Å². The van der Waals surface area contributed by atoms with Gasteiger partial charge in [-0.1, -0.05) is 12.1 Å². The van der Waals surface area contributed by atoms with E-state index >= 15 is 0 Å². The maximum atomic E-state index is 12.3. The number of benzene rings is 2. The topological polar surface area (TPSA) is 80.4 Å². The zero-order valence-corrected chi connectivity index (χ0v) is 15.6. The van der Waals surface area contributed by atoms with Crippen molar-refractivity contribution in [3.63, 3.8) is 0 Å². The summed E-state index contributed by atoms with van der Waals surface area (Å²) in [5, 5.41) is 3.84. The first kappa shape index (κ1) is 18.5. The second kappa shape index (κ2) is 7.95. The number of carbonyl (C=O) groups is 1. The Bertz CT molecular complexity index is 1040. The second-order valence-corrected chi connectivity index (χ2v) is 6.32. The van der Waals surface area contributed by atoms with Crippen molar-refractivity contribution >= 4 is 22.5 Å². The molecule has 1 amide bonds. The van der Waals surface area contributed by atoms with E-state index in [-0.39, 0.29) is 11.5 Å². The van der Waals surface area contributed by atoms with Gasteiger partial charge in [0.25, 0.3) is 5.56 Å². The average molecular weight is 366 g/mol. The fraction of sp³-hybridized carbons (Fsp3) is 0.238. The molecule has 0 spiro atoms. The Balaban J connectivity index is 1.66. The lowest BCUT2D eigenvalue weighted by atomic mass is 10.1. The van der Waals surface area contributed by atoms with Gasteiger partial charge in [0.05, 0.1) is 14.2 Å². The zero-order valence-electron chi connectivity index (χ0n) is 15.6. The molecule has 3 aromatic rings. The molecule has 0 radical (unpaired) electrons. The number of fused-ring (bicyclic) bond motifs is 1. The summed E-state index contributed by atoms with van der Waals surface area (Å²) in [6, 6.07) is 12.9. The number of carbonyl (C=O) groups excluding carboxylic acids is 1. The Morgan fingerprint density at radius 3 is 2.56 bits per heavy atom. The molecule has 0 aliphatic carbocycles. The Labute approximate surface area is 157 Å². The van der Waals surface area contributed by atoms with Crippen LogP contribution in [-0.2, 0) is 11.2 Å². The number of ether oxygens (including phenoxy) is 2. The largest absolute Gasteiger partial charge is 0.493 e. The van der Waals surface area contributed by atoms with Crippen LogP contribution in [0.2, 0.25) is 0 Å². The van der Waals surface area contributed by atoms with Crippen LogP contribution in [0, 0.1) is 6.92 Å². The van der Waals surface area contributed by atoms with E-state index in [0.717, 1.165) is 16.5 Å². The van der Waals surface area contributed by atoms with Crippen LogP contribution in [0.5, 0.6) is 11.5 Å². The smallest absolute Gasteiger partial charge is 0.251 e. The van der Waals surface area contributed by atoms with Crippen molar-refractivity contribution in [3.05, 3.63) is 63.9 Å². The van der Waals surface area contributed by atoms with E-state index in [1.807, 2.05) is 24.3 Å². The Morgan fingerprint density at radius 2 is 1.81 bits per heavy atom. The van der Waals surface area contributed by atoms with Crippen LogP contribution >= 0.6 is 0 Å². The summed E-state index contributed by atoms with van der Waals surface area (Å²) >= 11 is 0. The molecule has 1 aromatic heterocycles. The summed E-state index contributed by atoms with van der Waals surface area (Å²) in [6.45, 7) is 1.78. The molecule has 6 heteroatoms. The van der Waals surface area contributed by atoms with Gasteiger partial charge in [-0.2, -0.15) is 0 Å². The summed E-state index contributed by atoms with van der Waals surface area (Å²) in [6.07, 6.45) is 0.904. The lowest BCUT2D eigenvalue weighted by Crippen LogP contribution is -2.12. The lowest BCUT2D eigenvalue weighted by Gasteiger charge is -2.10. The Hall–Kier alpha value is -3.28. The summed E-state index contributed by atoms with van der Waals surface area (Å²) in [5.41, 5.74) is 3.01. The quantitative estimate of drug-likeness (QED) is 0.700. The van der Waals surface area contributed by atoms with E-state index < -0.39 is 0 Å². The number of hydrogen-bond donors (Lipinski definition) is 2. The number of H-pyrrole nitrogens is 1. The molecular formula is C21H22N2O4. The fourth-order valence-electron chi connectivity index (χ4n) is 2.91. The highest BCUT2D eigenvalue weighted by Crippen LogP contribution is 2.29. The van der Waals surface area contributed by atoms with Gasteiger partial charge in [0.2, 0.25) is 5.91 Å². The maximum absolute atomic E-state index is 12.3. The van der Waals surface area contributed by atoms with Crippen LogP contribution in [0.15, 0.2) is 47.3 Å². The number of hydrogen-bond acceptors (Lipinski definition) is 4. The minimum absolute atomic E-state index is 0.0918. The van der Waals surface area contributed by atoms with Crippen molar-refractivity contribution < 1.29 is 14.3 Å². The number of anilines is 1. The third kappa shape index (κ3) is 4.28. The highest BCUT2D eigenvalue weighted by Gasteiger charge is 2.08. The highest BCUT2D eigenvalue weighted by atomic mass is 16.5. The summed E-state index contributed by atoms with van der Waals surface area (Å²) < 4.78 is 10.4. The molecular weight excluding hydrogens is 344 g/mol. The van der Waals surface area contributed by atoms with E-state index in [0.29, 0.717) is 35.6 Å². The van der Waals surface area contributed by atoms with E-state index in [1.54, 1.807) is 39.3 Å². The van der Waals surface area contributed by atoms with E-state index in [1.165, 1.54) is 0 Å². The monoisotopic (exact) mass is 366 g/mol. The van der Waals surface area contributed by atoms with Gasteiger partial charge in [-0.15, -0.1) is 0 Å². The van der Waals surface area contributed by atoms with E-state index in [4.69, 9.17) is 9.47 Å². The standard InChI is InChI=1S/C21H22N2O4/c1-13-10-15-6-4-14(11-17(15)23-21(13)25)5-9-20(24)22-16-7-8-18(26-2)19(12-16)27-3/h4,6-8,10-12H,5,9H2,1-3H3,(H,22,24)(H,23,25). The number of rotatable bonds is 6. The first-order valence-electron chi connectivity index (χ1n) is 8.64. The van der Waals surface area contributed by atoms with Crippen LogP contribution in [0.3, 0.4) is 0 Å². The summed E-state index contributed by atoms with van der Waals surface area (Å²) in [4.78, 5) is 26.9. The van der Waals surface area contributed by atoms with Gasteiger partial charge in [0, 0.05) is 29.3 Å². The first-order chi connectivity index (χ1) is 13.0. The van der Waals surface area contributed by atoms with E-state index in [9.17, 15) is 9.59 Å². The summed E-state index contributed by atoms with van der Waals surface area (Å²) in [7, 11) is 3.11. The van der Waals surface area contributed by atoms with Crippen molar-refractivity contribution in [1.82, 2.24) is 4.98 Å². The minimum Gasteiger partial charge on any atom is -0.493 e. The number of aromatic nitrogens is 1. The number of aryl methyl sites for hydroxylation is 2. The third-order valence-electron chi connectivity index (χ3n) is 4.40. The zero-order chi connectivity index (χ0) is 19.4. The molecule has 3 rings (SSSR count). The van der Waals surface area contributed by atoms with Gasteiger partial charge in [0.15, 0.2) is 11.5 Å². The normalized spacial score (nSPS) is 10.6. The van der Waals surface area contributed by atoms with Crippen LogP contribution in [0.1, 0.15) is 17.5 Å². The maximum Gasteiger partial charge on any atom is 0.251 e. The molecule has 0 unspecified atom stereocenters. The van der Waals surface area contributed by atoms with Crippen molar-refractivity contribution in [3.8, 4) is 11.5 Å². The number of pyridine rings is 1. The van der Waals surface area contributed by atoms with Gasteiger partial charge >= 0.3 is 0 Å². The molecule has 2 aromatic carbocycles. The van der Waals surface area contributed by atoms with Crippen molar-refractivity contribution in [2.45, 2.75) is 19.8 Å². The number of amides is 1. The van der Waals surface area contributed by atoms with Crippen molar-refractivity contribution in [2.24, 2.45) is 0 Å². The van der Waals surface area contributed by atoms with Crippen LogP contribution < -0.4 is 20.3 Å². The molecule has 0 fully saturated rings. The second-order valence-electron chi connectivity index (χ2n) is 6.32. The number of methoxy groups -OCH3 is 2. The molecule has 0 atom stereocenters. The Morgan fingerprint density at radius 1 is 1.04 bits per heavy atom. The number of aromatic amines is 1. The molecule has 0 aliphatic heterocycles. The molecule has 0 saturated heterocycles. The van der Waals surface area contributed by atoms with Crippen molar-refractivity contribution in [1.29, 1.82) is 0 Å². The predicted molar refractivity (Wildman–Crippen MR) is 106 cm³/mol. The molecule has 6 nitrogen and oxygen atoms in total. The van der Waals surface area contributed by atoms with Gasteiger partial charge in [-0.25, -0.2) is 0 Å². The SMILES string of the molecule is COc1ccc(NC(=O)CCc2ccc3cc(C)c(=O)[nH]c3c2)cc1OC. The average Bonchev–Trinajstić information content (AvgIpc) is 2.67. The van der Waals surface area contributed by atoms with Crippen LogP contribution in [0.4, 0.5) is 5.69 Å². The summed E-state index contributed by atoms with van der Waals surface area (Å²) in [5.74, 6) is 1.07. The molecule has 0 bridgehead atoms. The molecule has 140 valence electrons. The molecule has 0 aliphatic rings. The first-order valence-corrected chi connectivity index (χ1v) is 8.64. The van der Waals surface area contributed by atoms with E-state index in [2.05, 4.69) is 10.3 Å². The lowest BCUT2D eigenvalue weighted by molar-refractivity contribution is -0.116. The third-order valence-corrected chi connectivity index (χ3v) is 4.40. The molecule has 0 saturated carbocycles. The van der Waals surface area contributed by atoms with Gasteiger partial charge in [-0.05, 0) is 48.6 Å². The van der Waals surface area contributed by atoms with Gasteiger partial charge in [0.1, 0.15) is 0 Å². The molecule has 2 N–H and O–H groups in total. The van der Waals surface area contributed by atoms with Crippen LogP contribution in [-0.4, -0.2) is 25.1 Å². The molecule has 27 heavy (non-hydrogen) atoms. The van der Waals surface area contributed by atoms with Crippen molar-refractivity contribution in [2.75, 3.05) is 19.5 Å². The highest BCUT2D eigenvalue weighted by molar-refractivity contribution is 5.91.